The number of fused-ring (bicyclic) bond motifs is 1. The number of nitrogen functional groups attached to an aromatic ring is 1. The highest BCUT2D eigenvalue weighted by atomic mass is 31.2. The van der Waals surface area contributed by atoms with Crippen molar-refractivity contribution in [2.45, 2.75) is 20.3 Å². The Balaban J connectivity index is 1.87. The second-order valence-corrected chi connectivity index (χ2v) is 6.91. The van der Waals surface area contributed by atoms with Crippen molar-refractivity contribution in [2.24, 2.45) is 0 Å². The van der Waals surface area contributed by atoms with Crippen LogP contribution in [0, 0.1) is 0 Å². The predicted molar refractivity (Wildman–Crippen MR) is 86.5 cm³/mol. The number of nitrogens with zero attached hydrogens (tertiary/aromatic N) is 2. The van der Waals surface area contributed by atoms with Crippen molar-refractivity contribution >= 4 is 25.0 Å². The topological polar surface area (TPSA) is 132 Å². The summed E-state index contributed by atoms with van der Waals surface area (Å²) in [7, 11) is -3.07. The van der Waals surface area contributed by atoms with E-state index in [1.165, 1.54) is 5.06 Å². The highest BCUT2D eigenvalue weighted by molar-refractivity contribution is 7.53. The number of nitrogens with two attached hydrogens (primary N) is 1. The van der Waals surface area contributed by atoms with Gasteiger partial charge in [0.25, 0.3) is 5.56 Å². The average molecular weight is 347 g/mol. The van der Waals surface area contributed by atoms with Gasteiger partial charge in [0.05, 0.1) is 26.0 Å². The fourth-order valence-electron chi connectivity index (χ4n) is 2.14. The molecule has 4 N–H and O–H groups in total. The summed E-state index contributed by atoms with van der Waals surface area (Å²) in [6, 6.07) is 0. The quantitative estimate of drug-likeness (QED) is 0.444. The van der Waals surface area contributed by atoms with E-state index in [-0.39, 0.29) is 30.9 Å². The molecule has 2 heterocycles. The highest BCUT2D eigenvalue weighted by Gasteiger charge is 2.26. The van der Waals surface area contributed by atoms with Gasteiger partial charge in [-0.1, -0.05) is 0 Å². The number of aromatic amines is 1. The van der Waals surface area contributed by atoms with Gasteiger partial charge < -0.3 is 20.1 Å². The van der Waals surface area contributed by atoms with Crippen molar-refractivity contribution in [1.82, 2.24) is 9.97 Å². The van der Waals surface area contributed by atoms with Crippen LogP contribution < -0.4 is 21.7 Å². The third kappa shape index (κ3) is 4.44. The largest absolute Gasteiger partial charge is 0.369 e. The lowest BCUT2D eigenvalue weighted by atomic mass is 10.5. The number of H-pyrrole nitrogens is 1. The monoisotopic (exact) mass is 347 g/mol. The molecule has 1 aromatic rings. The predicted octanol–water partition coefficient (Wildman–Crippen LogP) is 1.13. The minimum atomic E-state index is -3.07. The lowest BCUT2D eigenvalue weighted by Gasteiger charge is -2.19. The summed E-state index contributed by atoms with van der Waals surface area (Å²) in [5, 5.41) is 4.32. The van der Waals surface area contributed by atoms with Crippen LogP contribution in [0.2, 0.25) is 0 Å². The van der Waals surface area contributed by atoms with Gasteiger partial charge in [0, 0.05) is 0 Å². The Labute approximate surface area is 133 Å². The maximum absolute atomic E-state index is 12.3. The van der Waals surface area contributed by atoms with Gasteiger partial charge >= 0.3 is 7.60 Å². The molecule has 2 rings (SSSR count). The number of hydrogen-bond donors (Lipinski definition) is 3. The highest BCUT2D eigenvalue weighted by Crippen LogP contribution is 2.48. The summed E-state index contributed by atoms with van der Waals surface area (Å²) in [6.45, 7) is 4.75. The van der Waals surface area contributed by atoms with Gasteiger partial charge in [0.1, 0.15) is 12.4 Å². The smallest absolute Gasteiger partial charge is 0.330 e. The van der Waals surface area contributed by atoms with Crippen LogP contribution in [0.25, 0.3) is 0 Å². The number of hydrogen-bond acceptors (Lipinski definition) is 9. The van der Waals surface area contributed by atoms with E-state index in [2.05, 4.69) is 15.3 Å². The van der Waals surface area contributed by atoms with Crippen LogP contribution in [-0.2, 0) is 18.5 Å². The van der Waals surface area contributed by atoms with E-state index in [0.29, 0.717) is 31.1 Å². The van der Waals surface area contributed by atoms with Crippen LogP contribution in [0.15, 0.2) is 4.79 Å². The normalized spacial score (nSPS) is 13.9. The molecule has 1 aromatic heterocycles. The number of aromatic nitrogens is 2. The second kappa shape index (κ2) is 7.78. The Bertz CT molecular complexity index is 627. The Morgan fingerprint density at radius 3 is 2.70 bits per heavy atom. The molecule has 130 valence electrons. The van der Waals surface area contributed by atoms with E-state index in [1.54, 1.807) is 13.8 Å². The first-order valence-corrected chi connectivity index (χ1v) is 9.14. The maximum atomic E-state index is 12.3. The minimum Gasteiger partial charge on any atom is -0.369 e. The van der Waals surface area contributed by atoms with Crippen LogP contribution in [0.1, 0.15) is 20.3 Å². The van der Waals surface area contributed by atoms with Crippen molar-refractivity contribution in [2.75, 3.05) is 48.8 Å². The lowest BCUT2D eigenvalue weighted by Crippen LogP contribution is -2.25. The van der Waals surface area contributed by atoms with Gasteiger partial charge in [0.2, 0.25) is 5.95 Å². The van der Waals surface area contributed by atoms with Crippen LogP contribution >= 0.6 is 7.60 Å². The molecule has 0 bridgehead atoms. The SMILES string of the molecule is CCOP(=O)(CCCON1CNc2c1nc(N)[nH]c2=O)OCC. The van der Waals surface area contributed by atoms with Gasteiger partial charge in [-0.25, -0.2) is 5.06 Å². The molecule has 0 aliphatic carbocycles. The summed E-state index contributed by atoms with van der Waals surface area (Å²) >= 11 is 0. The molecule has 1 aliphatic heterocycles. The Kier molecular flexibility index (Phi) is 6.00. The first-order chi connectivity index (χ1) is 11.0. The Morgan fingerprint density at radius 1 is 1.35 bits per heavy atom. The van der Waals surface area contributed by atoms with Crippen molar-refractivity contribution in [3.8, 4) is 0 Å². The van der Waals surface area contributed by atoms with Crippen LogP contribution in [-0.4, -0.2) is 42.6 Å². The number of rotatable bonds is 9. The van der Waals surface area contributed by atoms with Crippen molar-refractivity contribution in [3.05, 3.63) is 10.4 Å². The van der Waals surface area contributed by atoms with E-state index in [1.807, 2.05) is 0 Å². The fraction of sp³-hybridized carbons (Fsp3) is 0.667. The molecule has 0 radical (unpaired) electrons. The Morgan fingerprint density at radius 2 is 2.04 bits per heavy atom. The zero-order valence-corrected chi connectivity index (χ0v) is 14.1. The zero-order chi connectivity index (χ0) is 16.9. The third-order valence-corrected chi connectivity index (χ3v) is 5.20. The fourth-order valence-corrected chi connectivity index (χ4v) is 3.78. The van der Waals surface area contributed by atoms with E-state index in [9.17, 15) is 9.36 Å². The van der Waals surface area contributed by atoms with E-state index in [4.69, 9.17) is 19.6 Å². The van der Waals surface area contributed by atoms with Crippen LogP contribution in [0.4, 0.5) is 17.5 Å². The van der Waals surface area contributed by atoms with Gasteiger partial charge in [-0.3, -0.25) is 19.2 Å². The molecular formula is C12H22N5O5P. The molecule has 0 fully saturated rings. The number of anilines is 3. The van der Waals surface area contributed by atoms with Gasteiger partial charge in [-0.15, -0.1) is 0 Å². The zero-order valence-electron chi connectivity index (χ0n) is 13.2. The third-order valence-electron chi connectivity index (χ3n) is 3.03. The summed E-state index contributed by atoms with van der Waals surface area (Å²) in [5.41, 5.74) is 5.49. The van der Waals surface area contributed by atoms with Crippen LogP contribution in [0.5, 0.6) is 0 Å². The molecular weight excluding hydrogens is 325 g/mol. The first-order valence-electron chi connectivity index (χ1n) is 7.41. The minimum absolute atomic E-state index is 0.0169. The standard InChI is InChI=1S/C12H22N5O5P/c1-3-21-23(19,22-4-2)7-5-6-20-17-8-14-9-10(17)15-12(13)16-11(9)18/h14H,3-8H2,1-2H3,(H3,13,15,16,18). The summed E-state index contributed by atoms with van der Waals surface area (Å²) in [4.78, 5) is 23.7. The molecule has 0 saturated heterocycles. The maximum Gasteiger partial charge on any atom is 0.330 e. The first kappa shape index (κ1) is 17.7. The summed E-state index contributed by atoms with van der Waals surface area (Å²) in [5.74, 6) is 0.354. The lowest BCUT2D eigenvalue weighted by molar-refractivity contribution is 0.113. The molecule has 0 aromatic carbocycles. The van der Waals surface area contributed by atoms with Crippen LogP contribution in [0.3, 0.4) is 0 Å². The summed E-state index contributed by atoms with van der Waals surface area (Å²) < 4.78 is 22.7. The van der Waals surface area contributed by atoms with Crippen molar-refractivity contribution in [3.63, 3.8) is 0 Å². The van der Waals surface area contributed by atoms with Gasteiger partial charge in [0.15, 0.2) is 5.82 Å². The van der Waals surface area contributed by atoms with E-state index >= 15 is 0 Å². The number of hydroxylamine groups is 1. The van der Waals surface area contributed by atoms with Gasteiger partial charge in [-0.05, 0) is 20.3 Å². The van der Waals surface area contributed by atoms with E-state index in [0.717, 1.165) is 0 Å². The molecule has 11 heteroatoms. The van der Waals surface area contributed by atoms with Crippen molar-refractivity contribution in [1.29, 1.82) is 0 Å². The van der Waals surface area contributed by atoms with Gasteiger partial charge in [-0.2, -0.15) is 4.98 Å². The molecule has 0 spiro atoms. The Hall–Kier alpha value is -1.61. The van der Waals surface area contributed by atoms with E-state index < -0.39 is 7.60 Å². The molecule has 0 saturated carbocycles. The average Bonchev–Trinajstić information content (AvgIpc) is 2.87. The molecule has 1 aliphatic rings. The molecule has 0 amide bonds. The van der Waals surface area contributed by atoms with Crippen molar-refractivity contribution < 1.29 is 18.5 Å². The number of nitrogens with one attached hydrogen (secondary N) is 2. The molecule has 0 unspecified atom stereocenters. The summed E-state index contributed by atoms with van der Waals surface area (Å²) in [6.07, 6.45) is 0.732. The molecule has 0 atom stereocenters. The second-order valence-electron chi connectivity index (χ2n) is 4.72. The molecule has 10 nitrogen and oxygen atoms in total. The molecule has 23 heavy (non-hydrogen) atoms.